The fraction of sp³-hybridized carbons (Fsp3) is 0.600. The number of fused-ring (bicyclic) bond motifs is 6. The maximum Gasteiger partial charge on any atom is 0.320 e. The predicted octanol–water partition coefficient (Wildman–Crippen LogP) is 18.7. The molecule has 20 nitrogen and oxygen atoms in total. The summed E-state index contributed by atoms with van der Waals surface area (Å²) in [5, 5.41) is 19.8. The van der Waals surface area contributed by atoms with E-state index in [1.807, 2.05) is 69.3 Å². The van der Waals surface area contributed by atoms with E-state index < -0.39 is 149 Å². The van der Waals surface area contributed by atoms with E-state index >= 15 is 0 Å². The van der Waals surface area contributed by atoms with Gasteiger partial charge in [0.05, 0.1) is 14.2 Å². The fourth-order valence-electron chi connectivity index (χ4n) is 18.7. The highest BCUT2D eigenvalue weighted by Gasteiger charge is 2.75. The minimum absolute atomic E-state index is 0.286. The van der Waals surface area contributed by atoms with Crippen LogP contribution in [0.3, 0.4) is 0 Å². The van der Waals surface area contributed by atoms with Gasteiger partial charge in [0.2, 0.25) is 80.3 Å². The Morgan fingerprint density at radius 1 is 0.520 bits per heavy atom. The van der Waals surface area contributed by atoms with Crippen LogP contribution in [0.15, 0.2) is 121 Å². The lowest BCUT2D eigenvalue weighted by molar-refractivity contribution is -0.150. The lowest BCUT2D eigenvalue weighted by Gasteiger charge is -2.35. The number of rotatable bonds is 32. The number of hydrogen-bond acceptors (Lipinski definition) is 16. The number of nitrogens with one attached hydrogen (secondary N) is 3. The predicted molar refractivity (Wildman–Crippen MR) is 498 cm³/mol. The van der Waals surface area contributed by atoms with Gasteiger partial charge in [0.1, 0.15) is 28.3 Å². The van der Waals surface area contributed by atoms with E-state index in [1.54, 1.807) is 83.3 Å². The SMILES string of the molecule is C#C.CC1(C)C2CCC1(C(=O)Cl)C(=O)C2=O.CCCCCCCCCCC(NC(=O)C12CCC(C(=O)C1=O)C2(C)C)C(=O)Cl.CCCCCCCCCCC(NC(=O)C12CCC(C(=O)C1=O)C2(C)C)C(=O)P(=O)(c1ccccc1)c1ccccc1.CCCl.COP(c1ccccc1)c1ccccc1.O=C(O)C1CCCCCCCCCCN1.O=S(Cl)Cl.[2H]O. The normalized spacial score (nSPS) is 22.8. The number of carboxylic acids is 1. The van der Waals surface area contributed by atoms with Gasteiger partial charge in [-0.3, -0.25) is 57.5 Å². The van der Waals surface area contributed by atoms with Gasteiger partial charge in [-0.1, -0.05) is 331 Å². The number of aliphatic carboxylic acids is 1. The Kier molecular flexibility index (Phi) is 48.9. The van der Waals surface area contributed by atoms with Crippen LogP contribution < -0.4 is 37.2 Å². The number of terminal acetylenes is 1. The molecule has 6 N–H and O–H groups in total. The number of hydrogen-bond donors (Lipinski definition) is 4. The van der Waals surface area contributed by atoms with E-state index in [0.29, 0.717) is 62.0 Å². The average molecular weight is 1860 g/mol. The number of ketones is 6. The van der Waals surface area contributed by atoms with Crippen molar-refractivity contribution in [3.05, 3.63) is 121 Å². The molecule has 1 aliphatic heterocycles. The van der Waals surface area contributed by atoms with Crippen LogP contribution in [0.1, 0.15) is 276 Å². The second kappa shape index (κ2) is 55.0. The Morgan fingerprint density at radius 2 is 0.821 bits per heavy atom. The van der Waals surface area contributed by atoms with Gasteiger partial charge >= 0.3 is 5.97 Å². The van der Waals surface area contributed by atoms with Crippen molar-refractivity contribution in [1.29, 1.82) is 0 Å². The van der Waals surface area contributed by atoms with Crippen LogP contribution in [0.4, 0.5) is 0 Å². The van der Waals surface area contributed by atoms with E-state index in [1.165, 1.54) is 107 Å². The molecular formula is C95H134Cl5N3O17P2S. The molecule has 7 fully saturated rings. The van der Waals surface area contributed by atoms with Gasteiger partial charge in [0.15, 0.2) is 0 Å². The summed E-state index contributed by atoms with van der Waals surface area (Å²) in [7, 11) is 4.66. The highest BCUT2D eigenvalue weighted by Crippen LogP contribution is 2.65. The van der Waals surface area contributed by atoms with Crippen LogP contribution in [0.2, 0.25) is 0 Å². The molecule has 682 valence electrons. The summed E-state index contributed by atoms with van der Waals surface area (Å²) in [6, 6.07) is 36.0. The molecule has 7 aliphatic rings. The lowest BCUT2D eigenvalue weighted by atomic mass is 9.68. The highest BCUT2D eigenvalue weighted by molar-refractivity contribution is 8.26. The van der Waals surface area contributed by atoms with Crippen molar-refractivity contribution >= 4 is 170 Å². The highest BCUT2D eigenvalue weighted by atomic mass is 36.0. The topological polar surface area (TPSA) is 336 Å². The van der Waals surface area contributed by atoms with Crippen LogP contribution in [-0.4, -0.2) is 121 Å². The third kappa shape index (κ3) is 28.3. The molecule has 11 rings (SSSR count). The minimum Gasteiger partial charge on any atom is -0.480 e. The van der Waals surface area contributed by atoms with Crippen LogP contribution >= 0.6 is 71.5 Å². The maximum atomic E-state index is 14.9. The van der Waals surface area contributed by atoms with Crippen LogP contribution in [-0.2, 0) is 75.8 Å². The first-order chi connectivity index (χ1) is 59.0. The van der Waals surface area contributed by atoms with Crippen LogP contribution in [0, 0.1) is 63.1 Å². The number of carbonyl (C=O) groups excluding carboxylic acids is 11. The number of carbonyl (C=O) groups is 12. The molecule has 1 saturated heterocycles. The van der Waals surface area contributed by atoms with Gasteiger partial charge in [-0.05, 0) is 110 Å². The van der Waals surface area contributed by atoms with E-state index in [9.17, 15) is 62.1 Å². The van der Waals surface area contributed by atoms with Crippen molar-refractivity contribution in [2.75, 3.05) is 19.5 Å². The Bertz CT molecular complexity index is 4070. The average Bonchev–Trinajstić information content (AvgIpc) is 1.54. The number of benzene rings is 4. The second-order valence-electron chi connectivity index (χ2n) is 34.1. The first-order valence-electron chi connectivity index (χ1n) is 44.1. The third-order valence-corrected chi connectivity index (χ3v) is 31.4. The molecule has 6 saturated carbocycles. The summed E-state index contributed by atoms with van der Waals surface area (Å²) in [5.41, 5.74) is -0.499. The van der Waals surface area contributed by atoms with E-state index in [-0.39, 0.29) is 18.4 Å². The van der Waals surface area contributed by atoms with Crippen LogP contribution in [0.5, 0.6) is 0 Å². The summed E-state index contributed by atoms with van der Waals surface area (Å²) in [5.74, 6) is -5.39. The number of alkyl halides is 1. The van der Waals surface area contributed by atoms with E-state index in [4.69, 9.17) is 55.6 Å². The van der Waals surface area contributed by atoms with Crippen molar-refractivity contribution in [3.8, 4) is 12.8 Å². The molecule has 0 radical (unpaired) electrons. The molecule has 9 atom stereocenters. The fourth-order valence-corrected chi connectivity index (χ4v) is 23.5. The molecule has 1 heterocycles. The summed E-state index contributed by atoms with van der Waals surface area (Å²) in [6.45, 7) is 17.9. The monoisotopic (exact) mass is 1860 g/mol. The Balaban J connectivity index is 0.000000413. The summed E-state index contributed by atoms with van der Waals surface area (Å²) in [4.78, 5) is 150. The number of Topliss-reactive ketones (excluding diaryl/α,β-unsaturated/α-hetero) is 6. The molecule has 123 heavy (non-hydrogen) atoms. The Morgan fingerprint density at radius 3 is 1.13 bits per heavy atom. The first-order valence-corrected chi connectivity index (χ1v) is 50.7. The van der Waals surface area contributed by atoms with Gasteiger partial charge in [-0.25, -0.2) is 4.21 Å². The van der Waals surface area contributed by atoms with Crippen molar-refractivity contribution in [3.63, 3.8) is 0 Å². The largest absolute Gasteiger partial charge is 0.480 e. The smallest absolute Gasteiger partial charge is 0.320 e. The van der Waals surface area contributed by atoms with Crippen LogP contribution in [0.25, 0.3) is 0 Å². The van der Waals surface area contributed by atoms with E-state index in [2.05, 4.69) is 88.3 Å². The van der Waals surface area contributed by atoms with Gasteiger partial charge in [-0.15, -0.1) is 24.4 Å². The molecular weight excluding hydrogens is 1730 g/mol. The standard InChI is InChI=1S/C34H44NO5P.C22H34ClNO4.C13H13OP.C12H23NO2.C10H11ClO3.C2H5Cl.C2H2.Cl2OS.H2O/c1-4-5-6-7-8-9-10-17-22-28(35-32(39)34-24-23-27(33(34,2)3)29(36)30(34)37)31(38)41(40,25-18-13-11-14-19-25)26-20-15-12-16-21-26;1-4-5-6-7-8-9-10-11-12-16(19(23)27)24-20(28)22-14-13-15(21(22,2)3)17(25)18(22)26;1-14-15(12-8-4-2-5-9-12)13-10-6-3-7-11-13;14-12(15)11-9-7-5-3-1-2-4-6-8-10-13-11;1-9(2)5-3-4-10(9,8(11)14)7(13)6(5)12;1-2-3;1-2;1-4(2)3;/h11-16,18-21,27-28H,4-10,17,22-24H2,1-3H3,(H,35,39);15-16H,4-14H2,1-3H3,(H,24,28);2-11H,1H3;11,13H,1-10H2,(H,14,15);5H,3-4H2,1-2H3;2H2,1H3;1-2H;;1H2/i/hD. The van der Waals surface area contributed by atoms with Gasteiger partial charge < -0.3 is 35.6 Å². The van der Waals surface area contributed by atoms with Crippen molar-refractivity contribution in [2.24, 2.45) is 50.2 Å². The zero-order valence-corrected chi connectivity index (χ0v) is 80.0. The number of carboxylic acid groups (broad SMARTS) is 1. The molecule has 28 heteroatoms. The molecule has 0 spiro atoms. The maximum absolute atomic E-state index is 14.9. The Labute approximate surface area is 760 Å². The second-order valence-corrected chi connectivity index (χ2v) is 42.5. The molecule has 9 unspecified atom stereocenters. The lowest BCUT2D eigenvalue weighted by Crippen LogP contribution is -2.55. The summed E-state index contributed by atoms with van der Waals surface area (Å²) in [6.07, 6.45) is 39.7. The quantitative estimate of drug-likeness (QED) is 0.00671. The molecule has 2 amide bonds. The van der Waals surface area contributed by atoms with Crippen molar-refractivity contribution < 1.29 is 82.8 Å². The van der Waals surface area contributed by atoms with Crippen molar-refractivity contribution in [2.45, 2.75) is 292 Å². The Hall–Kier alpha value is -5.98. The first kappa shape index (κ1) is 109. The molecule has 4 aromatic carbocycles. The van der Waals surface area contributed by atoms with Crippen molar-refractivity contribution in [1.82, 2.24) is 16.0 Å². The third-order valence-electron chi connectivity index (χ3n) is 25.9. The molecule has 6 bridgehead atoms. The zero-order chi connectivity index (χ0) is 93.1. The molecule has 0 aromatic heterocycles. The molecule has 6 aliphatic carbocycles. The van der Waals surface area contributed by atoms with Gasteiger partial charge in [0.25, 0.3) is 0 Å². The van der Waals surface area contributed by atoms with Gasteiger partial charge in [0, 0.05) is 73.3 Å². The summed E-state index contributed by atoms with van der Waals surface area (Å²) >= 11 is 16.2. The van der Waals surface area contributed by atoms with Gasteiger partial charge in [-0.2, -0.15) is 0 Å². The zero-order valence-electron chi connectivity index (χ0n) is 74.6. The number of halogens is 5. The number of unbranched alkanes of at least 4 members (excludes halogenated alkanes) is 14. The van der Waals surface area contributed by atoms with E-state index in [0.717, 1.165) is 70.2 Å². The summed E-state index contributed by atoms with van der Waals surface area (Å²) < 4.78 is 34.3. The molecule has 4 aromatic rings. The minimum atomic E-state index is -3.82. The number of amides is 2.